The number of fused-ring (bicyclic) bond motifs is 1. The van der Waals surface area contributed by atoms with Crippen LogP contribution in [0.1, 0.15) is 13.3 Å². The van der Waals surface area contributed by atoms with Crippen molar-refractivity contribution in [3.05, 3.63) is 24.0 Å². The molecule has 0 amide bonds. The van der Waals surface area contributed by atoms with Crippen molar-refractivity contribution in [3.8, 4) is 0 Å². The van der Waals surface area contributed by atoms with E-state index in [0.29, 0.717) is 0 Å². The number of benzene rings is 1. The Morgan fingerprint density at radius 1 is 1.47 bits per heavy atom. The third-order valence-electron chi connectivity index (χ3n) is 1.95. The van der Waals surface area contributed by atoms with Crippen LogP contribution in [0.25, 0.3) is 0 Å². The lowest BCUT2D eigenvalue weighted by molar-refractivity contribution is 0.624. The van der Waals surface area contributed by atoms with Crippen LogP contribution in [-0.2, 0) is 0 Å². The third-order valence-corrected chi connectivity index (χ3v) is 2.80. The zero-order valence-electron chi connectivity index (χ0n) is 8.38. The maximum atomic E-state index is 12.9. The van der Waals surface area contributed by atoms with Gasteiger partial charge in [0.25, 0.3) is 0 Å². The van der Waals surface area contributed by atoms with Crippen molar-refractivity contribution in [3.63, 3.8) is 0 Å². The summed E-state index contributed by atoms with van der Waals surface area (Å²) in [7, 11) is 0. The van der Waals surface area contributed by atoms with Gasteiger partial charge in [0.15, 0.2) is 0 Å². The monoisotopic (exact) mass is 225 g/mol. The summed E-state index contributed by atoms with van der Waals surface area (Å²) < 4.78 is 15.9. The lowest BCUT2D eigenvalue weighted by Crippen LogP contribution is -2.29. The van der Waals surface area contributed by atoms with Gasteiger partial charge in [-0.25, -0.2) is 4.39 Å². The highest BCUT2D eigenvalue weighted by atomic mass is 32.2. The quantitative estimate of drug-likeness (QED) is 0.760. The van der Waals surface area contributed by atoms with E-state index in [4.69, 9.17) is 0 Å². The van der Waals surface area contributed by atoms with E-state index in [1.54, 1.807) is 6.07 Å². The average molecular weight is 225 g/mol. The largest absolute Gasteiger partial charge is 0.325 e. The van der Waals surface area contributed by atoms with Crippen LogP contribution in [0.2, 0.25) is 0 Å². The Balaban J connectivity index is 2.16. The average Bonchev–Trinajstić information content (AvgIpc) is 2.26. The maximum absolute atomic E-state index is 12.9. The molecular weight excluding hydrogens is 213 g/mol. The molecule has 0 spiro atoms. The zero-order valence-corrected chi connectivity index (χ0v) is 9.20. The van der Waals surface area contributed by atoms with Crippen LogP contribution in [0.3, 0.4) is 0 Å². The number of guanidine groups is 1. The number of rotatable bonds is 2. The SMILES string of the molecule is CCCN=C1NSc2cc(F)ccc2N1. The molecule has 0 aliphatic carbocycles. The molecule has 0 saturated carbocycles. The number of anilines is 1. The van der Waals surface area contributed by atoms with Crippen molar-refractivity contribution in [1.29, 1.82) is 0 Å². The van der Waals surface area contributed by atoms with Gasteiger partial charge in [-0.2, -0.15) is 0 Å². The summed E-state index contributed by atoms with van der Waals surface area (Å²) in [5.74, 6) is 0.514. The molecule has 1 aromatic carbocycles. The molecule has 3 nitrogen and oxygen atoms in total. The number of aliphatic imine (C=N–C) groups is 1. The van der Waals surface area contributed by atoms with Crippen molar-refractivity contribution >= 4 is 23.6 Å². The van der Waals surface area contributed by atoms with E-state index in [9.17, 15) is 4.39 Å². The third kappa shape index (κ3) is 2.41. The minimum absolute atomic E-state index is 0.223. The number of nitrogens with zero attached hydrogens (tertiary/aromatic N) is 1. The Bertz CT molecular complexity index is 392. The van der Waals surface area contributed by atoms with Gasteiger partial charge in [-0.05, 0) is 36.6 Å². The molecule has 0 atom stereocenters. The predicted octanol–water partition coefficient (Wildman–Crippen LogP) is 2.61. The first kappa shape index (κ1) is 10.3. The van der Waals surface area contributed by atoms with Gasteiger partial charge >= 0.3 is 0 Å². The van der Waals surface area contributed by atoms with Gasteiger partial charge in [0.2, 0.25) is 5.96 Å². The van der Waals surface area contributed by atoms with Crippen LogP contribution in [0.5, 0.6) is 0 Å². The molecular formula is C10H12FN3S. The van der Waals surface area contributed by atoms with Crippen LogP contribution in [0.4, 0.5) is 10.1 Å². The van der Waals surface area contributed by atoms with Crippen molar-refractivity contribution < 1.29 is 4.39 Å². The fourth-order valence-corrected chi connectivity index (χ4v) is 1.96. The number of hydrogen-bond acceptors (Lipinski definition) is 2. The standard InChI is InChI=1S/C10H12FN3S/c1-2-5-12-10-13-8-4-3-7(11)6-9(8)15-14-10/h3-4,6H,2,5H2,1H3,(H2,12,13,14). The van der Waals surface area contributed by atoms with E-state index in [-0.39, 0.29) is 5.82 Å². The van der Waals surface area contributed by atoms with Gasteiger partial charge in [0.1, 0.15) is 5.82 Å². The second-order valence-corrected chi connectivity index (χ2v) is 4.05. The van der Waals surface area contributed by atoms with E-state index in [2.05, 4.69) is 22.0 Å². The van der Waals surface area contributed by atoms with Gasteiger partial charge in [0.05, 0.1) is 10.6 Å². The van der Waals surface area contributed by atoms with Gasteiger partial charge in [-0.1, -0.05) is 6.92 Å². The molecule has 0 fully saturated rings. The molecule has 0 radical (unpaired) electrons. The molecule has 1 heterocycles. The van der Waals surface area contributed by atoms with Crippen LogP contribution < -0.4 is 10.0 Å². The highest BCUT2D eigenvalue weighted by molar-refractivity contribution is 7.98. The van der Waals surface area contributed by atoms with Gasteiger partial charge in [-0.15, -0.1) is 0 Å². The van der Waals surface area contributed by atoms with Crippen LogP contribution in [-0.4, -0.2) is 12.5 Å². The second-order valence-electron chi connectivity index (χ2n) is 3.20. The molecule has 0 aromatic heterocycles. The maximum Gasteiger partial charge on any atom is 0.206 e. The van der Waals surface area contributed by atoms with Gasteiger partial charge < -0.3 is 5.32 Å². The molecule has 1 aromatic rings. The summed E-state index contributed by atoms with van der Waals surface area (Å²) in [6.45, 7) is 2.86. The fraction of sp³-hybridized carbons (Fsp3) is 0.300. The minimum Gasteiger partial charge on any atom is -0.325 e. The summed E-state index contributed by atoms with van der Waals surface area (Å²) in [4.78, 5) is 5.16. The summed E-state index contributed by atoms with van der Waals surface area (Å²) in [5.41, 5.74) is 0.898. The minimum atomic E-state index is -0.223. The summed E-state index contributed by atoms with van der Waals surface area (Å²) in [5, 5.41) is 3.11. The topological polar surface area (TPSA) is 36.4 Å². The summed E-state index contributed by atoms with van der Waals surface area (Å²) >= 11 is 1.38. The summed E-state index contributed by atoms with van der Waals surface area (Å²) in [6.07, 6.45) is 1.01. The predicted molar refractivity (Wildman–Crippen MR) is 61.6 cm³/mol. The highest BCUT2D eigenvalue weighted by Gasteiger charge is 2.13. The Kier molecular flexibility index (Phi) is 3.11. The molecule has 2 N–H and O–H groups in total. The number of hydrogen-bond donors (Lipinski definition) is 2. The van der Waals surface area contributed by atoms with E-state index in [1.807, 2.05) is 0 Å². The molecule has 0 unspecified atom stereocenters. The van der Waals surface area contributed by atoms with Gasteiger partial charge in [0, 0.05) is 6.54 Å². The first-order valence-corrected chi connectivity index (χ1v) is 5.65. The van der Waals surface area contributed by atoms with E-state index >= 15 is 0 Å². The summed E-state index contributed by atoms with van der Waals surface area (Å²) in [6, 6.07) is 4.66. The Morgan fingerprint density at radius 3 is 3.13 bits per heavy atom. The molecule has 80 valence electrons. The molecule has 2 rings (SSSR count). The number of halogens is 1. The molecule has 1 aliphatic heterocycles. The van der Waals surface area contributed by atoms with Crippen molar-refractivity contribution in [2.45, 2.75) is 18.2 Å². The molecule has 1 aliphatic rings. The first-order chi connectivity index (χ1) is 7.29. The van der Waals surface area contributed by atoms with E-state index in [1.165, 1.54) is 24.1 Å². The Hall–Kier alpha value is -1.23. The van der Waals surface area contributed by atoms with Crippen molar-refractivity contribution in [2.24, 2.45) is 4.99 Å². The lowest BCUT2D eigenvalue weighted by atomic mass is 10.3. The Labute approximate surface area is 92.3 Å². The highest BCUT2D eigenvalue weighted by Crippen LogP contribution is 2.29. The fourth-order valence-electron chi connectivity index (χ4n) is 1.24. The Morgan fingerprint density at radius 2 is 2.33 bits per heavy atom. The van der Waals surface area contributed by atoms with E-state index in [0.717, 1.165) is 29.5 Å². The smallest absolute Gasteiger partial charge is 0.206 e. The second kappa shape index (κ2) is 4.53. The zero-order chi connectivity index (χ0) is 10.7. The number of nitrogens with one attached hydrogen (secondary N) is 2. The lowest BCUT2D eigenvalue weighted by Gasteiger charge is -2.20. The molecule has 5 heteroatoms. The molecule has 0 saturated heterocycles. The first-order valence-electron chi connectivity index (χ1n) is 4.83. The molecule has 15 heavy (non-hydrogen) atoms. The van der Waals surface area contributed by atoms with Gasteiger partial charge in [-0.3, -0.25) is 9.71 Å². The molecule has 0 bridgehead atoms. The van der Waals surface area contributed by atoms with Crippen molar-refractivity contribution in [1.82, 2.24) is 4.72 Å². The van der Waals surface area contributed by atoms with Crippen LogP contribution in [0.15, 0.2) is 28.1 Å². The van der Waals surface area contributed by atoms with Crippen LogP contribution >= 0.6 is 11.9 Å². The van der Waals surface area contributed by atoms with Crippen LogP contribution in [0, 0.1) is 5.82 Å². The normalized spacial score (nSPS) is 16.8. The van der Waals surface area contributed by atoms with E-state index < -0.39 is 0 Å². The van der Waals surface area contributed by atoms with Crippen molar-refractivity contribution in [2.75, 3.05) is 11.9 Å².